The van der Waals surface area contributed by atoms with Gasteiger partial charge < -0.3 is 14.6 Å². The van der Waals surface area contributed by atoms with Crippen molar-refractivity contribution in [2.45, 2.75) is 45.6 Å². The van der Waals surface area contributed by atoms with Gasteiger partial charge in [0.1, 0.15) is 11.4 Å². The second-order valence-electron chi connectivity index (χ2n) is 7.63. The average molecular weight is 392 g/mol. The van der Waals surface area contributed by atoms with Crippen molar-refractivity contribution >= 4 is 17.1 Å². The maximum atomic E-state index is 5.93. The molecule has 0 amide bonds. The monoisotopic (exact) mass is 391 g/mol. The molecule has 0 unspecified atom stereocenters. The molecule has 29 heavy (non-hydrogen) atoms. The van der Waals surface area contributed by atoms with E-state index >= 15 is 0 Å². The van der Waals surface area contributed by atoms with Gasteiger partial charge in [0.25, 0.3) is 0 Å². The zero-order valence-corrected chi connectivity index (χ0v) is 17.8. The fourth-order valence-electron chi connectivity index (χ4n) is 3.73. The molecule has 2 aromatic heterocycles. The summed E-state index contributed by atoms with van der Waals surface area (Å²) in [5.74, 6) is 0.973. The Morgan fingerprint density at radius 2 is 1.97 bits per heavy atom. The Kier molecular flexibility index (Phi) is 7.88. The third kappa shape index (κ3) is 5.94. The molecule has 3 aromatic rings. The molecule has 0 fully saturated rings. The van der Waals surface area contributed by atoms with Gasteiger partial charge in [0.15, 0.2) is 0 Å². The first kappa shape index (κ1) is 21.1. The molecule has 154 valence electrons. The van der Waals surface area contributed by atoms with Gasteiger partial charge in [0.05, 0.1) is 6.61 Å². The van der Waals surface area contributed by atoms with Crippen LogP contribution in [0.25, 0.3) is 17.1 Å². The number of benzene rings is 1. The van der Waals surface area contributed by atoms with Crippen LogP contribution in [0.1, 0.15) is 49.3 Å². The van der Waals surface area contributed by atoms with Gasteiger partial charge >= 0.3 is 0 Å². The number of unbranched alkanes of at least 4 members (excludes halogenated alkanes) is 3. The maximum absolute atomic E-state index is 5.93. The summed E-state index contributed by atoms with van der Waals surface area (Å²) < 4.78 is 5.93. The Morgan fingerprint density at radius 1 is 1.10 bits per heavy atom. The minimum absolute atomic E-state index is 0.787. The van der Waals surface area contributed by atoms with Crippen LogP contribution in [-0.2, 0) is 13.0 Å². The van der Waals surface area contributed by atoms with E-state index in [4.69, 9.17) is 4.74 Å². The van der Waals surface area contributed by atoms with Gasteiger partial charge in [-0.25, -0.2) is 4.98 Å². The van der Waals surface area contributed by atoms with Crippen LogP contribution in [0.2, 0.25) is 0 Å². The Labute approximate surface area is 174 Å². The molecular formula is C25H33N3O. The highest BCUT2D eigenvalue weighted by Crippen LogP contribution is 2.20. The van der Waals surface area contributed by atoms with Crippen LogP contribution in [0.3, 0.4) is 0 Å². The Balaban J connectivity index is 1.31. The summed E-state index contributed by atoms with van der Waals surface area (Å²) in [4.78, 5) is 9.94. The van der Waals surface area contributed by atoms with Gasteiger partial charge in [0, 0.05) is 24.3 Å². The minimum atomic E-state index is 0.787. The molecule has 0 atom stereocenters. The van der Waals surface area contributed by atoms with Crippen LogP contribution in [0.15, 0.2) is 49.3 Å². The molecule has 2 heterocycles. The Bertz CT molecular complexity index is 915. The largest absolute Gasteiger partial charge is 0.494 e. The third-order valence-corrected chi connectivity index (χ3v) is 5.41. The lowest BCUT2D eigenvalue weighted by molar-refractivity contribution is 0.294. The molecule has 3 rings (SSSR count). The van der Waals surface area contributed by atoms with E-state index in [9.17, 15) is 0 Å². The first-order valence-corrected chi connectivity index (χ1v) is 10.7. The van der Waals surface area contributed by atoms with Gasteiger partial charge in [0.2, 0.25) is 0 Å². The number of H-pyrrole nitrogens is 1. The fourth-order valence-corrected chi connectivity index (χ4v) is 3.73. The molecule has 0 aliphatic rings. The SMILES string of the molecule is C=Cc1ccc(OCCCCCCN(C)Cc2ccnc3[nH]ccc23)cc1CC. The van der Waals surface area contributed by atoms with Crippen molar-refractivity contribution in [3.8, 4) is 5.75 Å². The van der Waals surface area contributed by atoms with E-state index < -0.39 is 0 Å². The fraction of sp³-hybridized carbons (Fsp3) is 0.400. The van der Waals surface area contributed by atoms with E-state index in [1.807, 2.05) is 24.5 Å². The topological polar surface area (TPSA) is 41.1 Å². The van der Waals surface area contributed by atoms with Crippen molar-refractivity contribution in [3.05, 3.63) is 66.0 Å². The van der Waals surface area contributed by atoms with E-state index in [2.05, 4.69) is 59.7 Å². The maximum Gasteiger partial charge on any atom is 0.137 e. The molecule has 4 nitrogen and oxygen atoms in total. The number of fused-ring (bicyclic) bond motifs is 1. The molecule has 0 bridgehead atoms. The highest BCUT2D eigenvalue weighted by atomic mass is 16.5. The van der Waals surface area contributed by atoms with E-state index in [1.165, 1.54) is 41.3 Å². The lowest BCUT2D eigenvalue weighted by Gasteiger charge is -2.17. The number of nitrogens with zero attached hydrogens (tertiary/aromatic N) is 2. The summed E-state index contributed by atoms with van der Waals surface area (Å²) in [6.45, 7) is 8.89. The molecular weight excluding hydrogens is 358 g/mol. The standard InChI is InChI=1S/C25H33N3O/c1-4-20-10-11-23(18-21(20)5-2)29-17-9-7-6-8-16-28(3)19-22-12-14-26-25-24(22)13-15-27-25/h4,10-15,18H,1,5-9,16-17,19H2,2-3H3,(H,26,27). The quantitative estimate of drug-likeness (QED) is 0.394. The molecule has 1 N–H and O–H groups in total. The molecule has 4 heteroatoms. The second-order valence-corrected chi connectivity index (χ2v) is 7.63. The molecule has 0 radical (unpaired) electrons. The number of aromatic nitrogens is 2. The van der Waals surface area contributed by atoms with Gasteiger partial charge in [-0.3, -0.25) is 0 Å². The minimum Gasteiger partial charge on any atom is -0.494 e. The molecule has 1 aromatic carbocycles. The number of aryl methyl sites for hydroxylation is 1. The Hall–Kier alpha value is -2.59. The summed E-state index contributed by atoms with van der Waals surface area (Å²) in [6.07, 6.45) is 11.5. The number of rotatable bonds is 12. The lowest BCUT2D eigenvalue weighted by Crippen LogP contribution is -2.19. The van der Waals surface area contributed by atoms with E-state index in [1.54, 1.807) is 0 Å². The van der Waals surface area contributed by atoms with Crippen LogP contribution in [-0.4, -0.2) is 35.1 Å². The highest BCUT2D eigenvalue weighted by molar-refractivity contribution is 5.79. The van der Waals surface area contributed by atoms with Crippen molar-refractivity contribution in [1.82, 2.24) is 14.9 Å². The second kappa shape index (κ2) is 10.8. The molecule has 0 saturated heterocycles. The molecule has 0 spiro atoms. The van der Waals surface area contributed by atoms with Crippen LogP contribution in [0.4, 0.5) is 0 Å². The molecule has 0 aliphatic carbocycles. The van der Waals surface area contributed by atoms with E-state index in [0.717, 1.165) is 43.9 Å². The summed E-state index contributed by atoms with van der Waals surface area (Å²) in [5, 5.41) is 1.23. The number of aromatic amines is 1. The van der Waals surface area contributed by atoms with Crippen molar-refractivity contribution in [3.63, 3.8) is 0 Å². The van der Waals surface area contributed by atoms with E-state index in [-0.39, 0.29) is 0 Å². The van der Waals surface area contributed by atoms with Crippen LogP contribution >= 0.6 is 0 Å². The summed E-state index contributed by atoms with van der Waals surface area (Å²) in [5.41, 5.74) is 4.81. The number of hydrogen-bond acceptors (Lipinski definition) is 3. The van der Waals surface area contributed by atoms with Gasteiger partial charge in [-0.1, -0.05) is 38.5 Å². The molecule has 0 saturated carbocycles. The third-order valence-electron chi connectivity index (χ3n) is 5.41. The number of pyridine rings is 1. The zero-order chi connectivity index (χ0) is 20.5. The summed E-state index contributed by atoms with van der Waals surface area (Å²) >= 11 is 0. The summed E-state index contributed by atoms with van der Waals surface area (Å²) in [7, 11) is 2.19. The first-order valence-electron chi connectivity index (χ1n) is 10.7. The number of hydrogen-bond donors (Lipinski definition) is 1. The summed E-state index contributed by atoms with van der Waals surface area (Å²) in [6, 6.07) is 10.5. The smallest absolute Gasteiger partial charge is 0.137 e. The average Bonchev–Trinajstić information content (AvgIpc) is 3.23. The normalized spacial score (nSPS) is 11.3. The predicted octanol–water partition coefficient (Wildman–Crippen LogP) is 5.84. The number of ether oxygens (including phenoxy) is 1. The van der Waals surface area contributed by atoms with Crippen molar-refractivity contribution in [2.75, 3.05) is 20.2 Å². The van der Waals surface area contributed by atoms with E-state index in [0.29, 0.717) is 0 Å². The first-order chi connectivity index (χ1) is 14.2. The van der Waals surface area contributed by atoms with Crippen LogP contribution in [0, 0.1) is 0 Å². The van der Waals surface area contributed by atoms with Crippen molar-refractivity contribution in [2.24, 2.45) is 0 Å². The highest BCUT2D eigenvalue weighted by Gasteiger charge is 2.06. The Morgan fingerprint density at radius 3 is 2.79 bits per heavy atom. The van der Waals surface area contributed by atoms with Gasteiger partial charge in [-0.05, 0) is 73.8 Å². The molecule has 0 aliphatic heterocycles. The predicted molar refractivity (Wildman–Crippen MR) is 122 cm³/mol. The van der Waals surface area contributed by atoms with Crippen LogP contribution < -0.4 is 4.74 Å². The van der Waals surface area contributed by atoms with Gasteiger partial charge in [-0.2, -0.15) is 0 Å². The van der Waals surface area contributed by atoms with Crippen LogP contribution in [0.5, 0.6) is 5.75 Å². The lowest BCUT2D eigenvalue weighted by atomic mass is 10.1. The zero-order valence-electron chi connectivity index (χ0n) is 17.8. The van der Waals surface area contributed by atoms with Crippen molar-refractivity contribution in [1.29, 1.82) is 0 Å². The van der Waals surface area contributed by atoms with Gasteiger partial charge in [-0.15, -0.1) is 0 Å². The van der Waals surface area contributed by atoms with Crippen molar-refractivity contribution < 1.29 is 4.74 Å². The number of nitrogens with one attached hydrogen (secondary N) is 1.